The van der Waals surface area contributed by atoms with Crippen molar-refractivity contribution < 1.29 is 22.7 Å². The normalized spacial score (nSPS) is 10.9. The van der Waals surface area contributed by atoms with Crippen LogP contribution in [0, 0.1) is 6.92 Å². The lowest BCUT2D eigenvalue weighted by atomic mass is 10.2. The van der Waals surface area contributed by atoms with E-state index < -0.39 is 15.9 Å². The van der Waals surface area contributed by atoms with E-state index in [1.807, 2.05) is 0 Å². The molecule has 0 aromatic heterocycles. The van der Waals surface area contributed by atoms with Gasteiger partial charge in [0, 0.05) is 10.2 Å². The van der Waals surface area contributed by atoms with Crippen molar-refractivity contribution in [2.45, 2.75) is 11.8 Å². The van der Waals surface area contributed by atoms with Crippen molar-refractivity contribution >= 4 is 43.2 Å². The lowest BCUT2D eigenvalue weighted by molar-refractivity contribution is -0.118. The van der Waals surface area contributed by atoms with Crippen LogP contribution in [-0.4, -0.2) is 28.0 Å². The number of sulfonamides is 1. The minimum absolute atomic E-state index is 0.0463. The van der Waals surface area contributed by atoms with Gasteiger partial charge in [0.2, 0.25) is 0 Å². The monoisotopic (exact) mass is 504 g/mol. The van der Waals surface area contributed by atoms with Gasteiger partial charge in [-0.25, -0.2) is 8.42 Å². The SMILES string of the molecule is COc1ccccc1NS(=O)(=O)c1cc(NC(=O)COc2ccc(Br)cc2)ccc1C. The van der Waals surface area contributed by atoms with Gasteiger partial charge >= 0.3 is 0 Å². The standard InChI is InChI=1S/C22H21BrN2O5S/c1-15-7-10-17(24-22(26)14-30-18-11-8-16(23)9-12-18)13-21(15)31(27,28)25-19-5-3-4-6-20(19)29-2/h3-13,25H,14H2,1-2H3,(H,24,26). The fourth-order valence-electron chi connectivity index (χ4n) is 2.77. The molecule has 1 amide bonds. The Labute approximate surface area is 189 Å². The van der Waals surface area contributed by atoms with Crippen LogP contribution in [0.1, 0.15) is 5.56 Å². The molecule has 0 radical (unpaired) electrons. The lowest BCUT2D eigenvalue weighted by Crippen LogP contribution is -2.21. The third-order valence-electron chi connectivity index (χ3n) is 4.30. The summed E-state index contributed by atoms with van der Waals surface area (Å²) < 4.78 is 40.0. The minimum atomic E-state index is -3.91. The van der Waals surface area contributed by atoms with Gasteiger partial charge in [-0.2, -0.15) is 0 Å². The molecule has 0 saturated carbocycles. The fraction of sp³-hybridized carbons (Fsp3) is 0.136. The highest BCUT2D eigenvalue weighted by atomic mass is 79.9. The summed E-state index contributed by atoms with van der Waals surface area (Å²) in [6.45, 7) is 1.47. The Morgan fingerprint density at radius 3 is 2.45 bits per heavy atom. The van der Waals surface area contributed by atoms with Gasteiger partial charge in [-0.3, -0.25) is 9.52 Å². The molecule has 3 aromatic rings. The van der Waals surface area contributed by atoms with E-state index in [0.717, 1.165) is 4.47 Å². The molecule has 0 fully saturated rings. The molecular weight excluding hydrogens is 484 g/mol. The van der Waals surface area contributed by atoms with Gasteiger partial charge in [-0.05, 0) is 61.0 Å². The molecule has 0 aliphatic heterocycles. The van der Waals surface area contributed by atoms with E-state index in [4.69, 9.17) is 9.47 Å². The number of ether oxygens (including phenoxy) is 2. The maximum absolute atomic E-state index is 13.0. The zero-order valence-electron chi connectivity index (χ0n) is 16.9. The van der Waals surface area contributed by atoms with E-state index in [1.165, 1.54) is 13.2 Å². The summed E-state index contributed by atoms with van der Waals surface area (Å²) in [5.41, 5.74) is 1.20. The number of nitrogens with one attached hydrogen (secondary N) is 2. The maximum atomic E-state index is 13.0. The number of carbonyl (C=O) groups excluding carboxylic acids is 1. The van der Waals surface area contributed by atoms with E-state index in [2.05, 4.69) is 26.0 Å². The van der Waals surface area contributed by atoms with Crippen molar-refractivity contribution in [2.24, 2.45) is 0 Å². The number of methoxy groups -OCH3 is 1. The van der Waals surface area contributed by atoms with Crippen LogP contribution < -0.4 is 19.5 Å². The van der Waals surface area contributed by atoms with Gasteiger partial charge in [-0.1, -0.05) is 34.1 Å². The first kappa shape index (κ1) is 22.6. The van der Waals surface area contributed by atoms with Crippen molar-refractivity contribution in [3.05, 3.63) is 76.8 Å². The van der Waals surface area contributed by atoms with Crippen LogP contribution >= 0.6 is 15.9 Å². The van der Waals surface area contributed by atoms with Crippen molar-refractivity contribution in [2.75, 3.05) is 23.8 Å². The van der Waals surface area contributed by atoms with Gasteiger partial charge < -0.3 is 14.8 Å². The second-order valence-corrected chi connectivity index (χ2v) is 9.14. The molecule has 31 heavy (non-hydrogen) atoms. The highest BCUT2D eigenvalue weighted by Gasteiger charge is 2.20. The van der Waals surface area contributed by atoms with Crippen LogP contribution in [0.15, 0.2) is 76.1 Å². The predicted molar refractivity (Wildman–Crippen MR) is 123 cm³/mol. The van der Waals surface area contributed by atoms with Crippen LogP contribution in [0.3, 0.4) is 0 Å². The van der Waals surface area contributed by atoms with Crippen molar-refractivity contribution in [3.8, 4) is 11.5 Å². The summed E-state index contributed by atoms with van der Waals surface area (Å²) in [4.78, 5) is 12.3. The molecule has 2 N–H and O–H groups in total. The summed E-state index contributed by atoms with van der Waals surface area (Å²) in [5.74, 6) is 0.539. The summed E-state index contributed by atoms with van der Waals surface area (Å²) in [6, 6.07) is 18.5. The third kappa shape index (κ3) is 5.99. The van der Waals surface area contributed by atoms with Crippen molar-refractivity contribution in [1.29, 1.82) is 0 Å². The molecule has 0 aliphatic carbocycles. The van der Waals surface area contributed by atoms with Gasteiger partial charge in [0.15, 0.2) is 6.61 Å². The molecule has 0 spiro atoms. The van der Waals surface area contributed by atoms with Crippen LogP contribution in [0.4, 0.5) is 11.4 Å². The summed E-state index contributed by atoms with van der Waals surface area (Å²) in [6.07, 6.45) is 0. The Morgan fingerprint density at radius 2 is 1.74 bits per heavy atom. The predicted octanol–water partition coefficient (Wildman–Crippen LogP) is 4.58. The molecule has 0 unspecified atom stereocenters. The smallest absolute Gasteiger partial charge is 0.262 e. The molecule has 0 bridgehead atoms. The third-order valence-corrected chi connectivity index (χ3v) is 6.33. The zero-order valence-corrected chi connectivity index (χ0v) is 19.3. The highest BCUT2D eigenvalue weighted by Crippen LogP contribution is 2.28. The Hall–Kier alpha value is -3.04. The fourth-order valence-corrected chi connectivity index (χ4v) is 4.38. The molecule has 0 aliphatic rings. The van der Waals surface area contributed by atoms with Crippen molar-refractivity contribution in [3.63, 3.8) is 0 Å². The summed E-state index contributed by atoms with van der Waals surface area (Å²) >= 11 is 3.33. The zero-order chi connectivity index (χ0) is 22.4. The molecular formula is C22H21BrN2O5S. The van der Waals surface area contributed by atoms with E-state index in [-0.39, 0.29) is 11.5 Å². The molecule has 162 valence electrons. The van der Waals surface area contributed by atoms with Gasteiger partial charge in [-0.15, -0.1) is 0 Å². The molecule has 9 heteroatoms. The first-order valence-corrected chi connectivity index (χ1v) is 11.5. The number of aryl methyl sites for hydroxylation is 1. The van der Waals surface area contributed by atoms with E-state index in [0.29, 0.717) is 28.4 Å². The maximum Gasteiger partial charge on any atom is 0.262 e. The van der Waals surface area contributed by atoms with Gasteiger partial charge in [0.1, 0.15) is 11.5 Å². The minimum Gasteiger partial charge on any atom is -0.495 e. The van der Waals surface area contributed by atoms with Crippen LogP contribution in [0.2, 0.25) is 0 Å². The van der Waals surface area contributed by atoms with E-state index >= 15 is 0 Å². The number of hydrogen-bond acceptors (Lipinski definition) is 5. The lowest BCUT2D eigenvalue weighted by Gasteiger charge is -2.14. The van der Waals surface area contributed by atoms with E-state index in [9.17, 15) is 13.2 Å². The number of carbonyl (C=O) groups is 1. The number of benzene rings is 3. The summed E-state index contributed by atoms with van der Waals surface area (Å²) in [5, 5.41) is 2.66. The number of hydrogen-bond donors (Lipinski definition) is 2. The van der Waals surface area contributed by atoms with Gasteiger partial charge in [0.05, 0.1) is 17.7 Å². The number of amides is 1. The number of anilines is 2. The average molecular weight is 505 g/mol. The number of halogens is 1. The largest absolute Gasteiger partial charge is 0.495 e. The average Bonchev–Trinajstić information content (AvgIpc) is 2.74. The highest BCUT2D eigenvalue weighted by molar-refractivity contribution is 9.10. The van der Waals surface area contributed by atoms with Crippen molar-refractivity contribution in [1.82, 2.24) is 0 Å². The number of rotatable bonds is 8. The number of para-hydroxylation sites is 2. The molecule has 7 nitrogen and oxygen atoms in total. The second-order valence-electron chi connectivity index (χ2n) is 6.58. The first-order valence-electron chi connectivity index (χ1n) is 9.23. The molecule has 0 saturated heterocycles. The molecule has 0 atom stereocenters. The van der Waals surface area contributed by atoms with E-state index in [1.54, 1.807) is 67.6 Å². The molecule has 0 heterocycles. The van der Waals surface area contributed by atoms with Crippen LogP contribution in [0.25, 0.3) is 0 Å². The Balaban J connectivity index is 1.73. The molecule has 3 rings (SSSR count). The van der Waals surface area contributed by atoms with Gasteiger partial charge in [0.25, 0.3) is 15.9 Å². The van der Waals surface area contributed by atoms with Crippen LogP contribution in [0.5, 0.6) is 11.5 Å². The topological polar surface area (TPSA) is 93.7 Å². The quantitative estimate of drug-likeness (QED) is 0.468. The Morgan fingerprint density at radius 1 is 1.03 bits per heavy atom. The Bertz CT molecular complexity index is 1180. The Kier molecular flexibility index (Phi) is 7.19. The van der Waals surface area contributed by atoms with Crippen LogP contribution in [-0.2, 0) is 14.8 Å². The first-order chi connectivity index (χ1) is 14.8. The molecule has 3 aromatic carbocycles. The second kappa shape index (κ2) is 9.84. The summed E-state index contributed by atoms with van der Waals surface area (Å²) in [7, 11) is -2.45.